The molecule has 432 valence electrons. The van der Waals surface area contributed by atoms with Gasteiger partial charge in [0.05, 0.1) is 17.1 Å². The van der Waals surface area contributed by atoms with E-state index >= 15 is 0 Å². The van der Waals surface area contributed by atoms with Gasteiger partial charge in [-0.15, -0.1) is 0 Å². The van der Waals surface area contributed by atoms with E-state index in [1.807, 2.05) is 6.07 Å². The third-order valence-electron chi connectivity index (χ3n) is 13.2. The first kappa shape index (κ1) is 62.0. The number of benzene rings is 4. The summed E-state index contributed by atoms with van der Waals surface area (Å²) in [6, 6.07) is 12.2. The lowest BCUT2D eigenvalue weighted by molar-refractivity contribution is -0.384. The number of carbonyl (C=O) groups excluding carboxylic acids is 8. The SMILES string of the molecule is C[C@@H](O)[C@@H]1NC(=O)[C@H](CCCCN)NC(=O)[C@@H](Cc2c[nH]c3ccccc23)NC(=O)[C@H](Cc2ccc(O)cc2)NC(=O)[C@H](NC(=O)[C@@H](N)Cc2ccc([N+](=O)[O-])cc2)CSSC[C@@H](C(=O)N[C@H](Cc2ccc(O)cc2)C(N)=O)NC1=O. The van der Waals surface area contributed by atoms with Crippen molar-refractivity contribution in [3.8, 4) is 11.5 Å². The van der Waals surface area contributed by atoms with E-state index in [0.717, 1.165) is 21.6 Å². The minimum absolute atomic E-state index is 0.0325. The Labute approximate surface area is 473 Å². The fraction of sp³-hybridized carbons (Fsp3) is 0.370. The van der Waals surface area contributed by atoms with Crippen LogP contribution < -0.4 is 54.4 Å². The van der Waals surface area contributed by atoms with Crippen molar-refractivity contribution in [3.63, 3.8) is 0 Å². The molecule has 5 aromatic rings. The molecule has 0 aliphatic carbocycles. The largest absolute Gasteiger partial charge is 0.508 e. The third-order valence-corrected chi connectivity index (χ3v) is 15.6. The van der Waals surface area contributed by atoms with Gasteiger partial charge in [-0.2, -0.15) is 0 Å². The summed E-state index contributed by atoms with van der Waals surface area (Å²) in [5.74, 6) is -8.13. The lowest BCUT2D eigenvalue weighted by Crippen LogP contribution is -2.62. The Bertz CT molecular complexity index is 3020. The van der Waals surface area contributed by atoms with Crippen molar-refractivity contribution in [3.05, 3.63) is 136 Å². The number of nitrogens with two attached hydrogens (primary N) is 3. The second-order valence-electron chi connectivity index (χ2n) is 19.4. The Hall–Kier alpha value is -8.24. The number of rotatable bonds is 19. The number of aromatic hydroxyl groups is 2. The van der Waals surface area contributed by atoms with E-state index in [1.165, 1.54) is 79.7 Å². The van der Waals surface area contributed by atoms with E-state index in [4.69, 9.17) is 17.2 Å². The van der Waals surface area contributed by atoms with Crippen LogP contribution in [0, 0.1) is 10.1 Å². The summed E-state index contributed by atoms with van der Waals surface area (Å²) in [6.45, 7) is 1.43. The molecule has 0 saturated carbocycles. The first-order valence-corrected chi connectivity index (χ1v) is 28.3. The first-order valence-electron chi connectivity index (χ1n) is 25.8. The van der Waals surface area contributed by atoms with Crippen molar-refractivity contribution >= 4 is 85.4 Å². The van der Waals surface area contributed by atoms with Crippen molar-refractivity contribution in [2.24, 2.45) is 17.2 Å². The van der Waals surface area contributed by atoms with Crippen LogP contribution in [0.2, 0.25) is 0 Å². The zero-order chi connectivity index (χ0) is 58.8. The molecule has 1 fully saturated rings. The molecular formula is C54H66N12O13S2. The van der Waals surface area contributed by atoms with Crippen molar-refractivity contribution in [1.82, 2.24) is 42.2 Å². The minimum atomic E-state index is -1.75. The van der Waals surface area contributed by atoms with Crippen LogP contribution in [0.5, 0.6) is 11.5 Å². The number of aliphatic hydroxyl groups excluding tert-OH is 1. The Morgan fingerprint density at radius 2 is 1.28 bits per heavy atom. The second kappa shape index (κ2) is 29.8. The number of para-hydroxylation sites is 1. The van der Waals surface area contributed by atoms with Crippen LogP contribution in [-0.4, -0.2) is 145 Å². The van der Waals surface area contributed by atoms with Crippen LogP contribution >= 0.6 is 21.6 Å². The smallest absolute Gasteiger partial charge is 0.269 e. The normalized spacial score (nSPS) is 20.9. The van der Waals surface area contributed by atoms with Crippen LogP contribution in [0.25, 0.3) is 10.9 Å². The van der Waals surface area contributed by atoms with E-state index in [9.17, 15) is 63.8 Å². The van der Waals surface area contributed by atoms with Crippen molar-refractivity contribution in [2.75, 3.05) is 18.1 Å². The van der Waals surface area contributed by atoms with E-state index in [1.54, 1.807) is 24.4 Å². The summed E-state index contributed by atoms with van der Waals surface area (Å²) in [6.07, 6.45) is 0.0759. The van der Waals surface area contributed by atoms with Crippen LogP contribution in [0.4, 0.5) is 5.69 Å². The molecule has 25 nitrogen and oxygen atoms in total. The number of nitrogens with one attached hydrogen (secondary N) is 8. The second-order valence-corrected chi connectivity index (χ2v) is 21.9. The molecule has 27 heteroatoms. The summed E-state index contributed by atoms with van der Waals surface area (Å²) in [5, 5.41) is 61.4. The lowest BCUT2D eigenvalue weighted by Gasteiger charge is -2.29. The van der Waals surface area contributed by atoms with Crippen molar-refractivity contribution in [2.45, 2.75) is 106 Å². The predicted octanol–water partition coefficient (Wildman–Crippen LogP) is -0.131. The summed E-state index contributed by atoms with van der Waals surface area (Å²) < 4.78 is 0. The number of fused-ring (bicyclic) bond motifs is 1. The monoisotopic (exact) mass is 1150 g/mol. The number of nitro benzene ring substituents is 1. The van der Waals surface area contributed by atoms with Gasteiger partial charge < -0.3 is 74.7 Å². The highest BCUT2D eigenvalue weighted by atomic mass is 33.1. The zero-order valence-electron chi connectivity index (χ0n) is 44.0. The molecule has 0 bridgehead atoms. The molecule has 81 heavy (non-hydrogen) atoms. The molecule has 0 radical (unpaired) electrons. The van der Waals surface area contributed by atoms with Gasteiger partial charge in [0.2, 0.25) is 47.3 Å². The van der Waals surface area contributed by atoms with Gasteiger partial charge in [-0.3, -0.25) is 48.5 Å². The maximum atomic E-state index is 14.8. The zero-order valence-corrected chi connectivity index (χ0v) is 45.6. The number of phenolic OH excluding ortho intramolecular Hbond substituents is 2. The summed E-state index contributed by atoms with van der Waals surface area (Å²) in [5.41, 5.74) is 20.4. The van der Waals surface area contributed by atoms with Crippen molar-refractivity contribution in [1.29, 1.82) is 0 Å². The highest BCUT2D eigenvalue weighted by Crippen LogP contribution is 2.25. The number of primary amides is 1. The average molecular weight is 1160 g/mol. The summed E-state index contributed by atoms with van der Waals surface area (Å²) in [4.78, 5) is 128. The number of hydrogen-bond donors (Lipinski definition) is 14. The number of hydrogen-bond acceptors (Lipinski definition) is 17. The number of aliphatic hydroxyl groups is 1. The van der Waals surface area contributed by atoms with Gasteiger partial charge >= 0.3 is 0 Å². The molecule has 9 atom stereocenters. The number of non-ortho nitro benzene ring substituents is 1. The quantitative estimate of drug-likeness (QED) is 0.0222. The van der Waals surface area contributed by atoms with Gasteiger partial charge in [-0.1, -0.05) is 76.2 Å². The maximum absolute atomic E-state index is 14.8. The fourth-order valence-electron chi connectivity index (χ4n) is 8.65. The number of carbonyl (C=O) groups is 8. The molecule has 0 spiro atoms. The van der Waals surface area contributed by atoms with Gasteiger partial charge in [0.1, 0.15) is 53.8 Å². The number of aromatic nitrogens is 1. The topological polar surface area (TPSA) is 418 Å². The number of phenols is 2. The molecule has 1 saturated heterocycles. The maximum Gasteiger partial charge on any atom is 0.269 e. The number of nitro groups is 1. The molecule has 6 rings (SSSR count). The van der Waals surface area contributed by atoms with Gasteiger partial charge in [0, 0.05) is 60.0 Å². The first-order chi connectivity index (χ1) is 38.7. The molecule has 1 aliphatic rings. The van der Waals surface area contributed by atoms with Crippen LogP contribution in [0.3, 0.4) is 0 Å². The van der Waals surface area contributed by atoms with Crippen LogP contribution in [0.1, 0.15) is 48.4 Å². The minimum Gasteiger partial charge on any atom is -0.508 e. The number of H-pyrrole nitrogens is 1. The van der Waals surface area contributed by atoms with Crippen molar-refractivity contribution < 1.29 is 58.6 Å². The van der Waals surface area contributed by atoms with Crippen LogP contribution in [0.15, 0.2) is 103 Å². The Morgan fingerprint density at radius 1 is 0.716 bits per heavy atom. The molecule has 1 aliphatic heterocycles. The standard InChI is InChI=1S/C54H66N12O13S2/c1-29(67)46-54(77)64-45(52(75)60-41(47(57)70)23-31-11-17-35(68)18-12-31)28-81-80-27-44(63-48(71)38(56)22-30-9-15-34(16-10-30)66(78)79)53(76)61-42(24-32-13-19-36(69)20-14-32)50(73)62-43(25-33-26-58-39-7-3-2-6-37(33)39)51(74)59-40(49(72)65-46)8-4-5-21-55/h2-3,6-7,9-20,26,29,38,40-46,58,67-69H,4-5,8,21-25,27-28,55-56H2,1H3,(H2,57,70)(H,59,74)(H,60,75)(H,61,76)(H,62,73)(H,63,71)(H,64,77)(H,65,72)/t29-,38+,40+,41-,42+,43-,44-,45+,46+/m1/s1. The number of aromatic amines is 1. The van der Waals surface area contributed by atoms with E-state index in [2.05, 4.69) is 42.2 Å². The molecular weight excluding hydrogens is 1090 g/mol. The van der Waals surface area contributed by atoms with Gasteiger partial charge in [-0.05, 0) is 91.7 Å². The molecule has 1 aromatic heterocycles. The molecule has 4 aromatic carbocycles. The molecule has 17 N–H and O–H groups in total. The fourth-order valence-corrected chi connectivity index (χ4v) is 11.0. The van der Waals surface area contributed by atoms with Gasteiger partial charge in [0.15, 0.2) is 0 Å². The molecule has 8 amide bonds. The highest BCUT2D eigenvalue weighted by Gasteiger charge is 2.37. The van der Waals surface area contributed by atoms with Crippen LogP contribution in [-0.2, 0) is 64.0 Å². The van der Waals surface area contributed by atoms with E-state index < -0.39 is 107 Å². The summed E-state index contributed by atoms with van der Waals surface area (Å²) in [7, 11) is 1.86. The highest BCUT2D eigenvalue weighted by molar-refractivity contribution is 8.76. The van der Waals surface area contributed by atoms with Gasteiger partial charge in [0.25, 0.3) is 5.69 Å². The average Bonchev–Trinajstić information content (AvgIpc) is 4.04. The summed E-state index contributed by atoms with van der Waals surface area (Å²) >= 11 is 0. The Kier molecular flexibility index (Phi) is 22.8. The Balaban J connectivity index is 1.39. The number of unbranched alkanes of at least 4 members (excludes halogenated alkanes) is 1. The van der Waals surface area contributed by atoms with E-state index in [0.29, 0.717) is 46.0 Å². The van der Waals surface area contributed by atoms with Gasteiger partial charge in [-0.25, -0.2) is 0 Å². The predicted molar refractivity (Wildman–Crippen MR) is 303 cm³/mol. The number of amides is 8. The number of nitrogens with zero attached hydrogens (tertiary/aromatic N) is 1. The lowest BCUT2D eigenvalue weighted by atomic mass is 10.0. The Morgan fingerprint density at radius 3 is 1.91 bits per heavy atom. The molecule has 0 unspecified atom stereocenters. The third kappa shape index (κ3) is 18.4. The molecule has 2 heterocycles. The van der Waals surface area contributed by atoms with E-state index in [-0.39, 0.29) is 67.3 Å².